The van der Waals surface area contributed by atoms with E-state index in [1.807, 2.05) is 0 Å². The third-order valence-corrected chi connectivity index (χ3v) is 1.96. The largest absolute Gasteiger partial charge is 0.507 e. The fourth-order valence-corrected chi connectivity index (χ4v) is 1.14. The van der Waals surface area contributed by atoms with Gasteiger partial charge in [0, 0.05) is 6.42 Å². The molecule has 0 aliphatic carbocycles. The second kappa shape index (κ2) is 3.75. The molecule has 4 heteroatoms. The molecule has 2 nitrogen and oxygen atoms in total. The van der Waals surface area contributed by atoms with Gasteiger partial charge in [-0.05, 0) is 12.1 Å². The van der Waals surface area contributed by atoms with Gasteiger partial charge in [-0.2, -0.15) is 0 Å². The lowest BCUT2D eigenvalue weighted by atomic mass is 10.1. The van der Waals surface area contributed by atoms with Gasteiger partial charge >= 0.3 is 0 Å². The van der Waals surface area contributed by atoms with E-state index in [-0.39, 0.29) is 22.8 Å². The van der Waals surface area contributed by atoms with Crippen molar-refractivity contribution < 1.29 is 14.3 Å². The Morgan fingerprint density at radius 3 is 2.77 bits per heavy atom. The number of halogens is 2. The third kappa shape index (κ3) is 1.80. The van der Waals surface area contributed by atoms with E-state index in [0.29, 0.717) is 0 Å². The highest BCUT2D eigenvalue weighted by molar-refractivity contribution is 6.31. The summed E-state index contributed by atoms with van der Waals surface area (Å²) in [5, 5.41) is 9.04. The number of aromatic hydroxyl groups is 1. The number of ketones is 1. The molecule has 1 N–H and O–H groups in total. The Balaban J connectivity index is 3.33. The van der Waals surface area contributed by atoms with E-state index in [1.54, 1.807) is 6.92 Å². The zero-order valence-corrected chi connectivity index (χ0v) is 7.73. The molecule has 0 amide bonds. The predicted molar refractivity (Wildman–Crippen MR) is 47.7 cm³/mol. The molecular formula is C9H8ClFO2. The number of rotatable bonds is 2. The number of carbonyl (C=O) groups excluding carboxylic acids is 1. The van der Waals surface area contributed by atoms with Crippen molar-refractivity contribution in [2.45, 2.75) is 13.3 Å². The maximum absolute atomic E-state index is 13.2. The smallest absolute Gasteiger partial charge is 0.169 e. The van der Waals surface area contributed by atoms with Crippen LogP contribution in [0.1, 0.15) is 23.7 Å². The van der Waals surface area contributed by atoms with Gasteiger partial charge in [-0.25, -0.2) is 4.39 Å². The lowest BCUT2D eigenvalue weighted by Gasteiger charge is -2.04. The summed E-state index contributed by atoms with van der Waals surface area (Å²) in [6.07, 6.45) is 0.130. The normalized spacial score (nSPS) is 10.1. The molecule has 1 aromatic carbocycles. The fraction of sp³-hybridized carbons (Fsp3) is 0.222. The summed E-state index contributed by atoms with van der Waals surface area (Å²) in [4.78, 5) is 11.1. The van der Waals surface area contributed by atoms with E-state index in [1.165, 1.54) is 12.1 Å². The molecule has 0 bridgehead atoms. The fourth-order valence-electron chi connectivity index (χ4n) is 0.982. The molecule has 0 spiro atoms. The number of carbonyl (C=O) groups is 1. The summed E-state index contributed by atoms with van der Waals surface area (Å²) >= 11 is 5.45. The Bertz CT molecular complexity index is 350. The number of Topliss-reactive ketones (excluding diaryl/α,β-unsaturated/α-hetero) is 1. The van der Waals surface area contributed by atoms with E-state index in [9.17, 15) is 14.3 Å². The zero-order chi connectivity index (χ0) is 10.0. The number of phenols is 1. The van der Waals surface area contributed by atoms with Crippen molar-refractivity contribution in [3.63, 3.8) is 0 Å². The zero-order valence-electron chi connectivity index (χ0n) is 6.97. The van der Waals surface area contributed by atoms with Gasteiger partial charge in [0.2, 0.25) is 0 Å². The Labute approximate surface area is 80.0 Å². The topological polar surface area (TPSA) is 37.3 Å². The lowest BCUT2D eigenvalue weighted by molar-refractivity contribution is 0.0981. The first-order valence-electron chi connectivity index (χ1n) is 3.78. The minimum atomic E-state index is -0.853. The first kappa shape index (κ1) is 9.99. The first-order valence-corrected chi connectivity index (χ1v) is 4.16. The average Bonchev–Trinajstić information content (AvgIpc) is 2.12. The van der Waals surface area contributed by atoms with Crippen molar-refractivity contribution in [3.8, 4) is 5.75 Å². The molecule has 0 saturated heterocycles. The number of phenolic OH excluding ortho intramolecular Hbond substituents is 1. The van der Waals surface area contributed by atoms with Crippen LogP contribution in [0.25, 0.3) is 0 Å². The lowest BCUT2D eigenvalue weighted by Crippen LogP contribution is -2.01. The molecule has 1 aromatic rings. The van der Waals surface area contributed by atoms with Crippen LogP contribution >= 0.6 is 11.6 Å². The summed E-state index contributed by atoms with van der Waals surface area (Å²) in [6.45, 7) is 1.59. The van der Waals surface area contributed by atoms with Crippen LogP contribution in [0.2, 0.25) is 5.02 Å². The van der Waals surface area contributed by atoms with Crippen LogP contribution in [-0.4, -0.2) is 10.9 Å². The SMILES string of the molecule is CCC(=O)c1c(O)ccc(Cl)c1F. The maximum atomic E-state index is 13.2. The highest BCUT2D eigenvalue weighted by Crippen LogP contribution is 2.27. The Morgan fingerprint density at radius 2 is 2.23 bits per heavy atom. The monoisotopic (exact) mass is 202 g/mol. The van der Waals surface area contributed by atoms with Crippen molar-refractivity contribution in [2.24, 2.45) is 0 Å². The second-order valence-corrected chi connectivity index (χ2v) is 2.94. The Hall–Kier alpha value is -1.09. The molecule has 0 unspecified atom stereocenters. The summed E-state index contributed by atoms with van der Waals surface area (Å²) in [5.74, 6) is -1.68. The minimum Gasteiger partial charge on any atom is -0.507 e. The van der Waals surface area contributed by atoms with Crippen LogP contribution in [0.15, 0.2) is 12.1 Å². The molecule has 13 heavy (non-hydrogen) atoms. The standard InChI is InChI=1S/C9H8ClFO2/c1-2-6(12)8-7(13)4-3-5(10)9(8)11/h3-4,13H,2H2,1H3. The van der Waals surface area contributed by atoms with Crippen LogP contribution in [-0.2, 0) is 0 Å². The van der Waals surface area contributed by atoms with E-state index in [4.69, 9.17) is 11.6 Å². The van der Waals surface area contributed by atoms with Crippen LogP contribution in [0, 0.1) is 5.82 Å². The van der Waals surface area contributed by atoms with Crippen molar-refractivity contribution in [1.82, 2.24) is 0 Å². The van der Waals surface area contributed by atoms with Gasteiger partial charge in [-0.3, -0.25) is 4.79 Å². The second-order valence-electron chi connectivity index (χ2n) is 2.53. The van der Waals surface area contributed by atoms with Gasteiger partial charge in [0.25, 0.3) is 0 Å². The van der Waals surface area contributed by atoms with Gasteiger partial charge in [0.05, 0.1) is 10.6 Å². The summed E-state index contributed by atoms with van der Waals surface area (Å²) in [5.41, 5.74) is -0.324. The molecule has 0 radical (unpaired) electrons. The molecule has 0 saturated carbocycles. The van der Waals surface area contributed by atoms with Crippen molar-refractivity contribution in [2.75, 3.05) is 0 Å². The quantitative estimate of drug-likeness (QED) is 0.749. The minimum absolute atomic E-state index is 0.130. The number of benzene rings is 1. The van der Waals surface area contributed by atoms with Crippen molar-refractivity contribution >= 4 is 17.4 Å². The summed E-state index contributed by atoms with van der Waals surface area (Å²) in [6, 6.07) is 2.41. The Kier molecular flexibility index (Phi) is 2.88. The van der Waals surface area contributed by atoms with Gasteiger partial charge in [-0.15, -0.1) is 0 Å². The van der Waals surface area contributed by atoms with E-state index < -0.39 is 11.6 Å². The van der Waals surface area contributed by atoms with E-state index in [0.717, 1.165) is 0 Å². The molecule has 70 valence electrons. The van der Waals surface area contributed by atoms with Gasteiger partial charge in [-0.1, -0.05) is 18.5 Å². The number of hydrogen-bond donors (Lipinski definition) is 1. The maximum Gasteiger partial charge on any atom is 0.169 e. The predicted octanol–water partition coefficient (Wildman–Crippen LogP) is 2.78. The molecular weight excluding hydrogens is 195 g/mol. The molecule has 0 heterocycles. The first-order chi connectivity index (χ1) is 6.07. The van der Waals surface area contributed by atoms with Gasteiger partial charge in [0.15, 0.2) is 11.6 Å². The van der Waals surface area contributed by atoms with Gasteiger partial charge in [0.1, 0.15) is 5.75 Å². The van der Waals surface area contributed by atoms with E-state index >= 15 is 0 Å². The molecule has 1 rings (SSSR count). The van der Waals surface area contributed by atoms with Crippen LogP contribution in [0.3, 0.4) is 0 Å². The molecule has 0 fully saturated rings. The van der Waals surface area contributed by atoms with E-state index in [2.05, 4.69) is 0 Å². The molecule has 0 aliphatic heterocycles. The molecule has 0 atom stereocenters. The average molecular weight is 203 g/mol. The summed E-state index contributed by atoms with van der Waals surface area (Å²) in [7, 11) is 0. The van der Waals surface area contributed by atoms with Crippen LogP contribution < -0.4 is 0 Å². The van der Waals surface area contributed by atoms with Gasteiger partial charge < -0.3 is 5.11 Å². The summed E-state index contributed by atoms with van der Waals surface area (Å²) < 4.78 is 13.2. The van der Waals surface area contributed by atoms with Crippen molar-refractivity contribution in [3.05, 3.63) is 28.5 Å². The van der Waals surface area contributed by atoms with Crippen molar-refractivity contribution in [1.29, 1.82) is 0 Å². The van der Waals surface area contributed by atoms with Crippen LogP contribution in [0.5, 0.6) is 5.75 Å². The Morgan fingerprint density at radius 1 is 1.62 bits per heavy atom. The molecule has 0 aliphatic rings. The highest BCUT2D eigenvalue weighted by atomic mass is 35.5. The number of hydrogen-bond acceptors (Lipinski definition) is 2. The highest BCUT2D eigenvalue weighted by Gasteiger charge is 2.17. The third-order valence-electron chi connectivity index (χ3n) is 1.67. The van der Waals surface area contributed by atoms with Crippen LogP contribution in [0.4, 0.5) is 4.39 Å². The molecule has 0 aromatic heterocycles.